The third kappa shape index (κ3) is 2.25. The summed E-state index contributed by atoms with van der Waals surface area (Å²) < 4.78 is 0. The Morgan fingerprint density at radius 1 is 1.00 bits per heavy atom. The molecule has 4 nitrogen and oxygen atoms in total. The van der Waals surface area contributed by atoms with Gasteiger partial charge in [-0.3, -0.25) is 0 Å². The number of rotatable bonds is 2. The van der Waals surface area contributed by atoms with Crippen LogP contribution in [0.2, 0.25) is 0 Å². The molecule has 0 unspecified atom stereocenters. The van der Waals surface area contributed by atoms with Crippen molar-refractivity contribution < 1.29 is 0 Å². The van der Waals surface area contributed by atoms with E-state index in [1.807, 2.05) is 25.1 Å². The molecule has 0 aliphatic heterocycles. The Kier molecular flexibility index (Phi) is 2.79. The van der Waals surface area contributed by atoms with Crippen molar-refractivity contribution in [3.63, 3.8) is 0 Å². The summed E-state index contributed by atoms with van der Waals surface area (Å²) in [6, 6.07) is 10.1. The van der Waals surface area contributed by atoms with Gasteiger partial charge in [-0.25, -0.2) is 4.98 Å². The van der Waals surface area contributed by atoms with E-state index in [2.05, 4.69) is 40.9 Å². The highest BCUT2D eigenvalue weighted by molar-refractivity contribution is 5.32. The molecule has 1 aromatic heterocycles. The van der Waals surface area contributed by atoms with Crippen LogP contribution in [0, 0.1) is 6.92 Å². The lowest BCUT2D eigenvalue weighted by Crippen LogP contribution is -2.24. The summed E-state index contributed by atoms with van der Waals surface area (Å²) in [5.74, 6) is 1.63. The van der Waals surface area contributed by atoms with Crippen LogP contribution in [0.25, 0.3) is 0 Å². The fourth-order valence-corrected chi connectivity index (χ4v) is 1.77. The highest BCUT2D eigenvalue weighted by Gasteiger charge is 2.26. The van der Waals surface area contributed by atoms with Gasteiger partial charge in [-0.2, -0.15) is 9.97 Å². The van der Waals surface area contributed by atoms with Crippen LogP contribution in [0.1, 0.15) is 31.1 Å². The number of hydrogen-bond acceptors (Lipinski definition) is 4. The van der Waals surface area contributed by atoms with Crippen molar-refractivity contribution in [2.45, 2.75) is 26.2 Å². The fourth-order valence-electron chi connectivity index (χ4n) is 1.77. The van der Waals surface area contributed by atoms with E-state index in [1.165, 1.54) is 0 Å². The van der Waals surface area contributed by atoms with E-state index in [0.29, 0.717) is 11.6 Å². The van der Waals surface area contributed by atoms with Gasteiger partial charge in [-0.05, 0) is 26.3 Å². The average Bonchev–Trinajstić information content (AvgIpc) is 2.29. The third-order valence-corrected chi connectivity index (χ3v) is 2.82. The summed E-state index contributed by atoms with van der Waals surface area (Å²) >= 11 is 0. The Bertz CT molecular complexity index is 500. The summed E-state index contributed by atoms with van der Waals surface area (Å²) in [7, 11) is 0. The van der Waals surface area contributed by atoms with Gasteiger partial charge in [0.25, 0.3) is 0 Å². The van der Waals surface area contributed by atoms with Crippen LogP contribution in [0.5, 0.6) is 0 Å². The Morgan fingerprint density at radius 3 is 2.24 bits per heavy atom. The first kappa shape index (κ1) is 11.5. The number of nitrogens with two attached hydrogens (primary N) is 1. The van der Waals surface area contributed by atoms with E-state index in [-0.39, 0.29) is 11.4 Å². The zero-order chi connectivity index (χ0) is 12.5. The minimum atomic E-state index is -0.275. The van der Waals surface area contributed by atoms with Crippen LogP contribution in [0.15, 0.2) is 30.3 Å². The van der Waals surface area contributed by atoms with Gasteiger partial charge in [-0.1, -0.05) is 30.3 Å². The molecule has 0 atom stereocenters. The zero-order valence-electron chi connectivity index (χ0n) is 10.3. The van der Waals surface area contributed by atoms with Crippen LogP contribution in [-0.4, -0.2) is 15.0 Å². The Morgan fingerprint density at radius 2 is 1.65 bits per heavy atom. The smallest absolute Gasteiger partial charge is 0.223 e. The maximum Gasteiger partial charge on any atom is 0.223 e. The molecule has 2 rings (SSSR count). The number of aryl methyl sites for hydroxylation is 1. The molecule has 17 heavy (non-hydrogen) atoms. The van der Waals surface area contributed by atoms with Crippen molar-refractivity contribution >= 4 is 5.95 Å². The van der Waals surface area contributed by atoms with E-state index in [0.717, 1.165) is 5.56 Å². The Hall–Kier alpha value is -1.97. The van der Waals surface area contributed by atoms with Crippen molar-refractivity contribution in [1.82, 2.24) is 15.0 Å². The molecule has 2 N–H and O–H groups in total. The van der Waals surface area contributed by atoms with Crippen molar-refractivity contribution in [3.8, 4) is 0 Å². The van der Waals surface area contributed by atoms with E-state index >= 15 is 0 Å². The molecular weight excluding hydrogens is 212 g/mol. The zero-order valence-corrected chi connectivity index (χ0v) is 10.3. The van der Waals surface area contributed by atoms with Crippen molar-refractivity contribution in [2.75, 3.05) is 5.73 Å². The Labute approximate surface area is 101 Å². The minimum Gasteiger partial charge on any atom is -0.368 e. The summed E-state index contributed by atoms with van der Waals surface area (Å²) in [5.41, 5.74) is 6.55. The molecule has 0 aliphatic rings. The van der Waals surface area contributed by atoms with Crippen LogP contribution in [0.3, 0.4) is 0 Å². The highest BCUT2D eigenvalue weighted by Crippen LogP contribution is 2.28. The largest absolute Gasteiger partial charge is 0.368 e. The van der Waals surface area contributed by atoms with Gasteiger partial charge in [0.05, 0.1) is 0 Å². The van der Waals surface area contributed by atoms with Crippen molar-refractivity contribution in [3.05, 3.63) is 47.5 Å². The van der Waals surface area contributed by atoms with Crippen LogP contribution >= 0.6 is 0 Å². The lowest BCUT2D eigenvalue weighted by Gasteiger charge is -2.23. The maximum absolute atomic E-state index is 5.67. The molecule has 1 aromatic carbocycles. The van der Waals surface area contributed by atoms with E-state index in [1.54, 1.807) is 0 Å². The topological polar surface area (TPSA) is 64.7 Å². The SMILES string of the molecule is Cc1nc(N)nc(C(C)(C)c2ccccc2)n1. The van der Waals surface area contributed by atoms with Gasteiger partial charge in [0.1, 0.15) is 11.6 Å². The second-order valence-corrected chi connectivity index (χ2v) is 4.56. The van der Waals surface area contributed by atoms with Crippen LogP contribution in [-0.2, 0) is 5.41 Å². The molecule has 0 radical (unpaired) electrons. The minimum absolute atomic E-state index is 0.275. The number of aromatic nitrogens is 3. The molecule has 0 spiro atoms. The monoisotopic (exact) mass is 228 g/mol. The molecule has 0 saturated carbocycles. The summed E-state index contributed by atoms with van der Waals surface area (Å²) in [4.78, 5) is 12.6. The molecule has 0 fully saturated rings. The van der Waals surface area contributed by atoms with Crippen molar-refractivity contribution in [1.29, 1.82) is 0 Å². The number of hydrogen-bond donors (Lipinski definition) is 1. The second kappa shape index (κ2) is 4.13. The van der Waals surface area contributed by atoms with Gasteiger partial charge in [0.2, 0.25) is 5.95 Å². The molecule has 4 heteroatoms. The quantitative estimate of drug-likeness (QED) is 0.854. The standard InChI is InChI=1S/C13H16N4/c1-9-15-11(17-12(14)16-9)13(2,3)10-7-5-4-6-8-10/h4-8H,1-3H3,(H2,14,15,16,17). The van der Waals surface area contributed by atoms with Crippen LogP contribution in [0.4, 0.5) is 5.95 Å². The lowest BCUT2D eigenvalue weighted by atomic mass is 9.84. The molecular formula is C13H16N4. The summed E-state index contributed by atoms with van der Waals surface area (Å²) in [5, 5.41) is 0. The first-order valence-electron chi connectivity index (χ1n) is 5.54. The van der Waals surface area contributed by atoms with Gasteiger partial charge in [0.15, 0.2) is 0 Å². The van der Waals surface area contributed by atoms with E-state index < -0.39 is 0 Å². The van der Waals surface area contributed by atoms with E-state index in [9.17, 15) is 0 Å². The number of anilines is 1. The molecule has 0 saturated heterocycles. The van der Waals surface area contributed by atoms with Gasteiger partial charge in [-0.15, -0.1) is 0 Å². The number of benzene rings is 1. The predicted octanol–water partition coefficient (Wildman–Crippen LogP) is 2.09. The summed E-state index contributed by atoms with van der Waals surface area (Å²) in [6.07, 6.45) is 0. The predicted molar refractivity (Wildman–Crippen MR) is 67.5 cm³/mol. The maximum atomic E-state index is 5.67. The Balaban J connectivity index is 2.51. The summed E-state index contributed by atoms with van der Waals surface area (Å²) in [6.45, 7) is 5.98. The van der Waals surface area contributed by atoms with Crippen LogP contribution < -0.4 is 5.73 Å². The third-order valence-electron chi connectivity index (χ3n) is 2.82. The lowest BCUT2D eigenvalue weighted by molar-refractivity contribution is 0.583. The van der Waals surface area contributed by atoms with Crippen molar-refractivity contribution in [2.24, 2.45) is 0 Å². The normalized spacial score (nSPS) is 11.5. The fraction of sp³-hybridized carbons (Fsp3) is 0.308. The molecule has 1 heterocycles. The van der Waals surface area contributed by atoms with E-state index in [4.69, 9.17) is 5.73 Å². The first-order valence-corrected chi connectivity index (χ1v) is 5.54. The molecule has 0 bridgehead atoms. The molecule has 0 amide bonds. The van der Waals surface area contributed by atoms with Gasteiger partial charge in [0, 0.05) is 5.41 Å². The number of nitrogens with zero attached hydrogens (tertiary/aromatic N) is 3. The molecule has 0 aliphatic carbocycles. The molecule has 88 valence electrons. The highest BCUT2D eigenvalue weighted by atomic mass is 15.1. The van der Waals surface area contributed by atoms with Gasteiger partial charge >= 0.3 is 0 Å². The van der Waals surface area contributed by atoms with Gasteiger partial charge < -0.3 is 5.73 Å². The first-order chi connectivity index (χ1) is 8.00. The second-order valence-electron chi connectivity index (χ2n) is 4.56. The number of nitrogen functional groups attached to an aromatic ring is 1. The average molecular weight is 228 g/mol. The molecule has 2 aromatic rings.